The average Bonchev–Trinajstić information content (AvgIpc) is 2.75. The first kappa shape index (κ1) is 15.7. The van der Waals surface area contributed by atoms with Gasteiger partial charge in [-0.15, -0.1) is 0 Å². The largest absolute Gasteiger partial charge is 0.383 e. The van der Waals surface area contributed by atoms with E-state index in [1.54, 1.807) is 21.1 Å². The first-order valence-electron chi connectivity index (χ1n) is 7.58. The summed E-state index contributed by atoms with van der Waals surface area (Å²) in [6, 6.07) is 0.499. The van der Waals surface area contributed by atoms with Gasteiger partial charge >= 0.3 is 0 Å². The van der Waals surface area contributed by atoms with Crippen molar-refractivity contribution in [2.75, 3.05) is 53.6 Å². The quantitative estimate of drug-likeness (QED) is 0.755. The summed E-state index contributed by atoms with van der Waals surface area (Å²) < 4.78 is 10.6. The molecule has 2 heterocycles. The zero-order valence-corrected chi connectivity index (χ0v) is 13.1. The molecule has 2 saturated heterocycles. The Hall–Kier alpha value is -0.650. The van der Waals surface area contributed by atoms with E-state index in [0.717, 1.165) is 52.2 Å². The third-order valence-corrected chi connectivity index (χ3v) is 4.93. The fourth-order valence-corrected chi connectivity index (χ4v) is 3.74. The molecule has 2 fully saturated rings. The predicted octanol–water partition coefficient (Wildman–Crippen LogP) is 0.982. The topological polar surface area (TPSA) is 42.0 Å². The minimum absolute atomic E-state index is 0.211. The summed E-state index contributed by atoms with van der Waals surface area (Å²) in [7, 11) is 3.53. The van der Waals surface area contributed by atoms with Crippen LogP contribution in [0, 0.1) is 5.41 Å². The molecule has 5 nitrogen and oxygen atoms in total. The maximum absolute atomic E-state index is 11.5. The van der Waals surface area contributed by atoms with Gasteiger partial charge in [0.15, 0.2) is 0 Å². The molecule has 0 aromatic heterocycles. The predicted molar refractivity (Wildman–Crippen MR) is 77.7 cm³/mol. The molecule has 2 aliphatic rings. The molecular formula is C15H28N2O3. The summed E-state index contributed by atoms with van der Waals surface area (Å²) in [5, 5.41) is 0. The summed E-state index contributed by atoms with van der Waals surface area (Å²) in [4.78, 5) is 15.9. The molecule has 116 valence electrons. The Morgan fingerprint density at radius 3 is 2.50 bits per heavy atom. The number of methoxy groups -OCH3 is 2. The van der Waals surface area contributed by atoms with Crippen molar-refractivity contribution >= 4 is 5.91 Å². The highest BCUT2D eigenvalue weighted by Gasteiger charge is 2.45. The van der Waals surface area contributed by atoms with Crippen LogP contribution in [0.2, 0.25) is 0 Å². The number of nitrogens with zero attached hydrogens (tertiary/aromatic N) is 2. The molecule has 1 atom stereocenters. The molecule has 0 radical (unpaired) electrons. The number of hydrogen-bond donors (Lipinski definition) is 0. The van der Waals surface area contributed by atoms with E-state index in [1.165, 1.54) is 6.42 Å². The van der Waals surface area contributed by atoms with Gasteiger partial charge in [-0.2, -0.15) is 0 Å². The van der Waals surface area contributed by atoms with E-state index in [0.29, 0.717) is 11.5 Å². The van der Waals surface area contributed by atoms with Crippen LogP contribution in [0.4, 0.5) is 0 Å². The van der Waals surface area contributed by atoms with Gasteiger partial charge in [0.05, 0.1) is 13.2 Å². The van der Waals surface area contributed by atoms with Gasteiger partial charge in [-0.3, -0.25) is 9.69 Å². The number of carbonyl (C=O) groups excluding carboxylic acids is 1. The van der Waals surface area contributed by atoms with Crippen molar-refractivity contribution in [1.82, 2.24) is 9.80 Å². The minimum atomic E-state index is 0.211. The Morgan fingerprint density at radius 1 is 1.25 bits per heavy atom. The molecule has 0 saturated carbocycles. The molecule has 2 aliphatic heterocycles. The lowest BCUT2D eigenvalue weighted by Crippen LogP contribution is -2.43. The molecule has 0 N–H and O–H groups in total. The van der Waals surface area contributed by atoms with Gasteiger partial charge in [-0.25, -0.2) is 0 Å². The van der Waals surface area contributed by atoms with Crippen LogP contribution >= 0.6 is 0 Å². The van der Waals surface area contributed by atoms with E-state index >= 15 is 0 Å². The average molecular weight is 284 g/mol. The molecule has 0 aliphatic carbocycles. The van der Waals surface area contributed by atoms with Crippen molar-refractivity contribution in [2.45, 2.75) is 32.2 Å². The SMILES string of the molecule is COCCN1CC2(CCN(C(C)=O)CC2)C[C@@H]1COC. The van der Waals surface area contributed by atoms with Crippen molar-refractivity contribution in [2.24, 2.45) is 5.41 Å². The van der Waals surface area contributed by atoms with Crippen molar-refractivity contribution in [3.8, 4) is 0 Å². The van der Waals surface area contributed by atoms with Crippen LogP contribution in [0.3, 0.4) is 0 Å². The summed E-state index contributed by atoms with van der Waals surface area (Å²) in [5.74, 6) is 0.211. The minimum Gasteiger partial charge on any atom is -0.383 e. The van der Waals surface area contributed by atoms with Crippen LogP contribution in [0.5, 0.6) is 0 Å². The molecular weight excluding hydrogens is 256 g/mol. The van der Waals surface area contributed by atoms with E-state index < -0.39 is 0 Å². The van der Waals surface area contributed by atoms with E-state index in [1.807, 2.05) is 4.90 Å². The van der Waals surface area contributed by atoms with Crippen LogP contribution < -0.4 is 0 Å². The molecule has 5 heteroatoms. The van der Waals surface area contributed by atoms with Gasteiger partial charge in [0.2, 0.25) is 5.91 Å². The second-order valence-corrected chi connectivity index (χ2v) is 6.28. The molecule has 2 rings (SSSR count). The highest BCUT2D eigenvalue weighted by Crippen LogP contribution is 2.43. The lowest BCUT2D eigenvalue weighted by Gasteiger charge is -2.39. The third-order valence-electron chi connectivity index (χ3n) is 4.93. The maximum Gasteiger partial charge on any atom is 0.219 e. The number of rotatable bonds is 5. The Bertz CT molecular complexity index is 327. The van der Waals surface area contributed by atoms with Gasteiger partial charge < -0.3 is 14.4 Å². The van der Waals surface area contributed by atoms with Crippen molar-refractivity contribution in [1.29, 1.82) is 0 Å². The summed E-state index contributed by atoms with van der Waals surface area (Å²) >= 11 is 0. The number of ether oxygens (including phenoxy) is 2. The summed E-state index contributed by atoms with van der Waals surface area (Å²) in [6.45, 7) is 7.15. The van der Waals surface area contributed by atoms with Gasteiger partial charge in [-0.05, 0) is 24.7 Å². The first-order chi connectivity index (χ1) is 9.60. The molecule has 20 heavy (non-hydrogen) atoms. The molecule has 1 spiro atoms. The zero-order chi connectivity index (χ0) is 14.6. The van der Waals surface area contributed by atoms with Crippen molar-refractivity contribution in [3.05, 3.63) is 0 Å². The van der Waals surface area contributed by atoms with Crippen LogP contribution in [0.15, 0.2) is 0 Å². The van der Waals surface area contributed by atoms with E-state index in [2.05, 4.69) is 4.90 Å². The van der Waals surface area contributed by atoms with Gasteiger partial charge in [0, 0.05) is 53.4 Å². The summed E-state index contributed by atoms with van der Waals surface area (Å²) in [6.07, 6.45) is 3.43. The Labute approximate surface area is 122 Å². The maximum atomic E-state index is 11.5. The van der Waals surface area contributed by atoms with Crippen LogP contribution in [0.1, 0.15) is 26.2 Å². The monoisotopic (exact) mass is 284 g/mol. The highest BCUT2D eigenvalue weighted by molar-refractivity contribution is 5.73. The van der Waals surface area contributed by atoms with Crippen molar-refractivity contribution < 1.29 is 14.3 Å². The highest BCUT2D eigenvalue weighted by atomic mass is 16.5. The Kier molecular flexibility index (Phi) is 5.41. The zero-order valence-electron chi connectivity index (χ0n) is 13.1. The second kappa shape index (κ2) is 6.87. The molecule has 0 aromatic carbocycles. The van der Waals surface area contributed by atoms with Crippen LogP contribution in [-0.2, 0) is 14.3 Å². The Balaban J connectivity index is 1.94. The van der Waals surface area contributed by atoms with E-state index in [9.17, 15) is 4.79 Å². The molecule has 0 aromatic rings. The van der Waals surface area contributed by atoms with E-state index in [-0.39, 0.29) is 5.91 Å². The Morgan fingerprint density at radius 2 is 1.95 bits per heavy atom. The van der Waals surface area contributed by atoms with Gasteiger partial charge in [-0.1, -0.05) is 0 Å². The first-order valence-corrected chi connectivity index (χ1v) is 7.58. The van der Waals surface area contributed by atoms with E-state index in [4.69, 9.17) is 9.47 Å². The van der Waals surface area contributed by atoms with Gasteiger partial charge in [0.1, 0.15) is 0 Å². The molecule has 0 unspecified atom stereocenters. The van der Waals surface area contributed by atoms with Crippen LogP contribution in [-0.4, -0.2) is 75.4 Å². The molecule has 0 bridgehead atoms. The normalized spacial score (nSPS) is 26.4. The third kappa shape index (κ3) is 3.51. The standard InChI is InChI=1S/C15H28N2O3/c1-13(18)16-6-4-15(5-7-16)10-14(11-20-3)17(12-15)8-9-19-2/h14H,4-12H2,1-3H3/t14-/m1/s1. The number of likely N-dealkylation sites (tertiary alicyclic amines) is 2. The second-order valence-electron chi connectivity index (χ2n) is 6.28. The number of carbonyl (C=O) groups is 1. The lowest BCUT2D eigenvalue weighted by atomic mass is 9.76. The molecule has 1 amide bonds. The lowest BCUT2D eigenvalue weighted by molar-refractivity contribution is -0.131. The number of amides is 1. The van der Waals surface area contributed by atoms with Crippen LogP contribution in [0.25, 0.3) is 0 Å². The fourth-order valence-electron chi connectivity index (χ4n) is 3.74. The van der Waals surface area contributed by atoms with Crippen molar-refractivity contribution in [3.63, 3.8) is 0 Å². The summed E-state index contributed by atoms with van der Waals surface area (Å²) in [5.41, 5.74) is 0.378. The fraction of sp³-hybridized carbons (Fsp3) is 0.933. The van der Waals surface area contributed by atoms with Gasteiger partial charge in [0.25, 0.3) is 0 Å². The smallest absolute Gasteiger partial charge is 0.219 e. The number of hydrogen-bond acceptors (Lipinski definition) is 4. The number of piperidine rings is 1.